The number of nitrogens with two attached hydrogens (primary N) is 1. The number of nitrogens with zero attached hydrogens (tertiary/aromatic N) is 1. The molecule has 0 atom stereocenters. The van der Waals surface area contributed by atoms with Gasteiger partial charge >= 0.3 is 0 Å². The third-order valence-corrected chi connectivity index (χ3v) is 2.54. The average Bonchev–Trinajstić information content (AvgIpc) is 2.29. The standard InChI is InChI=1S/C13H14N2O/c1-9-8-10(5-6-12(9)16-2)11-4-3-7-15-13(11)14/h3-8H,1-2H3,(H2,14,15). The Morgan fingerprint density at radius 3 is 2.69 bits per heavy atom. The van der Waals surface area contributed by atoms with Crippen LogP contribution in [0.25, 0.3) is 11.1 Å². The number of hydrogen-bond acceptors (Lipinski definition) is 3. The molecule has 0 aliphatic carbocycles. The Labute approximate surface area is 94.9 Å². The van der Waals surface area contributed by atoms with Crippen LogP contribution in [-0.2, 0) is 0 Å². The summed E-state index contributed by atoms with van der Waals surface area (Å²) in [4.78, 5) is 4.07. The predicted molar refractivity (Wildman–Crippen MR) is 65.4 cm³/mol. The predicted octanol–water partition coefficient (Wildman–Crippen LogP) is 2.65. The molecule has 1 heterocycles. The summed E-state index contributed by atoms with van der Waals surface area (Å²) in [6, 6.07) is 9.82. The monoisotopic (exact) mass is 214 g/mol. The maximum atomic E-state index is 5.83. The first kappa shape index (κ1) is 10.5. The van der Waals surface area contributed by atoms with Crippen LogP contribution in [0.1, 0.15) is 5.56 Å². The molecule has 0 radical (unpaired) electrons. The molecule has 16 heavy (non-hydrogen) atoms. The minimum absolute atomic E-state index is 0.548. The largest absolute Gasteiger partial charge is 0.496 e. The maximum absolute atomic E-state index is 5.83. The molecule has 2 aromatic rings. The van der Waals surface area contributed by atoms with Crippen LogP contribution in [0.4, 0.5) is 5.82 Å². The lowest BCUT2D eigenvalue weighted by atomic mass is 10.0. The van der Waals surface area contributed by atoms with Gasteiger partial charge in [0.2, 0.25) is 0 Å². The van der Waals surface area contributed by atoms with Gasteiger partial charge in [-0.25, -0.2) is 4.98 Å². The van der Waals surface area contributed by atoms with Crippen molar-refractivity contribution in [2.75, 3.05) is 12.8 Å². The molecule has 82 valence electrons. The number of anilines is 1. The van der Waals surface area contributed by atoms with Crippen molar-refractivity contribution in [2.45, 2.75) is 6.92 Å². The topological polar surface area (TPSA) is 48.1 Å². The second kappa shape index (κ2) is 4.23. The lowest BCUT2D eigenvalue weighted by Gasteiger charge is -2.08. The van der Waals surface area contributed by atoms with E-state index in [2.05, 4.69) is 4.98 Å². The Kier molecular flexibility index (Phi) is 2.77. The first-order valence-corrected chi connectivity index (χ1v) is 5.08. The fourth-order valence-corrected chi connectivity index (χ4v) is 1.71. The van der Waals surface area contributed by atoms with E-state index in [4.69, 9.17) is 10.5 Å². The van der Waals surface area contributed by atoms with E-state index >= 15 is 0 Å². The second-order valence-corrected chi connectivity index (χ2v) is 3.62. The molecular formula is C13H14N2O. The van der Waals surface area contributed by atoms with Gasteiger partial charge < -0.3 is 10.5 Å². The number of benzene rings is 1. The van der Waals surface area contributed by atoms with Gasteiger partial charge in [-0.15, -0.1) is 0 Å². The van der Waals surface area contributed by atoms with Crippen LogP contribution in [0.2, 0.25) is 0 Å². The second-order valence-electron chi connectivity index (χ2n) is 3.62. The van der Waals surface area contributed by atoms with E-state index in [1.54, 1.807) is 13.3 Å². The normalized spacial score (nSPS) is 10.1. The maximum Gasteiger partial charge on any atom is 0.131 e. The van der Waals surface area contributed by atoms with E-state index < -0.39 is 0 Å². The highest BCUT2D eigenvalue weighted by atomic mass is 16.5. The SMILES string of the molecule is COc1ccc(-c2cccnc2N)cc1C. The zero-order chi connectivity index (χ0) is 11.5. The van der Waals surface area contributed by atoms with Gasteiger partial charge in [-0.1, -0.05) is 6.07 Å². The summed E-state index contributed by atoms with van der Waals surface area (Å²) >= 11 is 0. The van der Waals surface area contributed by atoms with Crippen LogP contribution in [-0.4, -0.2) is 12.1 Å². The van der Waals surface area contributed by atoms with Crippen molar-refractivity contribution < 1.29 is 4.74 Å². The highest BCUT2D eigenvalue weighted by Gasteiger charge is 2.05. The molecule has 0 spiro atoms. The Morgan fingerprint density at radius 2 is 2.06 bits per heavy atom. The van der Waals surface area contributed by atoms with Crippen molar-refractivity contribution in [3.63, 3.8) is 0 Å². The van der Waals surface area contributed by atoms with Crippen molar-refractivity contribution >= 4 is 5.82 Å². The number of aromatic nitrogens is 1. The van der Waals surface area contributed by atoms with Crippen LogP contribution in [0.5, 0.6) is 5.75 Å². The fraction of sp³-hybridized carbons (Fsp3) is 0.154. The van der Waals surface area contributed by atoms with E-state index in [1.807, 2.05) is 37.3 Å². The van der Waals surface area contributed by atoms with Gasteiger partial charge in [-0.2, -0.15) is 0 Å². The molecule has 0 fully saturated rings. The molecular weight excluding hydrogens is 200 g/mol. The summed E-state index contributed by atoms with van der Waals surface area (Å²) in [7, 11) is 1.67. The number of pyridine rings is 1. The van der Waals surface area contributed by atoms with Gasteiger partial charge in [0.05, 0.1) is 7.11 Å². The van der Waals surface area contributed by atoms with Gasteiger partial charge in [0.25, 0.3) is 0 Å². The molecule has 3 heteroatoms. The van der Waals surface area contributed by atoms with Gasteiger partial charge in [-0.3, -0.25) is 0 Å². The molecule has 2 rings (SSSR count). The number of nitrogen functional groups attached to an aromatic ring is 1. The Hall–Kier alpha value is -2.03. The molecule has 0 saturated carbocycles. The highest BCUT2D eigenvalue weighted by molar-refractivity contribution is 5.74. The summed E-state index contributed by atoms with van der Waals surface area (Å²) in [5.41, 5.74) is 8.93. The van der Waals surface area contributed by atoms with Crippen LogP contribution in [0, 0.1) is 6.92 Å². The van der Waals surface area contributed by atoms with Crippen molar-refractivity contribution in [2.24, 2.45) is 0 Å². The van der Waals surface area contributed by atoms with Gasteiger partial charge in [0.15, 0.2) is 0 Å². The number of hydrogen-bond donors (Lipinski definition) is 1. The molecule has 0 unspecified atom stereocenters. The van der Waals surface area contributed by atoms with E-state index in [-0.39, 0.29) is 0 Å². The average molecular weight is 214 g/mol. The molecule has 0 amide bonds. The first-order valence-electron chi connectivity index (χ1n) is 5.08. The molecule has 0 aliphatic rings. The van der Waals surface area contributed by atoms with Crippen LogP contribution < -0.4 is 10.5 Å². The molecule has 1 aromatic heterocycles. The first-order chi connectivity index (χ1) is 7.72. The summed E-state index contributed by atoms with van der Waals surface area (Å²) in [6.07, 6.45) is 1.69. The van der Waals surface area contributed by atoms with Crippen LogP contribution in [0.15, 0.2) is 36.5 Å². The molecule has 0 aliphatic heterocycles. The van der Waals surface area contributed by atoms with Crippen molar-refractivity contribution in [3.05, 3.63) is 42.1 Å². The summed E-state index contributed by atoms with van der Waals surface area (Å²) in [6.45, 7) is 2.01. The smallest absolute Gasteiger partial charge is 0.131 e. The van der Waals surface area contributed by atoms with Crippen molar-refractivity contribution in [1.82, 2.24) is 4.98 Å². The Balaban J connectivity index is 2.50. The Bertz CT molecular complexity index is 509. The van der Waals surface area contributed by atoms with Gasteiger partial charge in [0.1, 0.15) is 11.6 Å². The summed E-state index contributed by atoms with van der Waals surface area (Å²) in [5.74, 6) is 1.43. The summed E-state index contributed by atoms with van der Waals surface area (Å²) < 4.78 is 5.22. The zero-order valence-electron chi connectivity index (χ0n) is 9.40. The molecule has 1 aromatic carbocycles. The van der Waals surface area contributed by atoms with E-state index in [0.717, 1.165) is 22.4 Å². The van der Waals surface area contributed by atoms with Crippen molar-refractivity contribution in [1.29, 1.82) is 0 Å². The number of rotatable bonds is 2. The summed E-state index contributed by atoms with van der Waals surface area (Å²) in [5, 5.41) is 0. The van der Waals surface area contributed by atoms with E-state index in [1.165, 1.54) is 0 Å². The lowest BCUT2D eigenvalue weighted by molar-refractivity contribution is 0.412. The van der Waals surface area contributed by atoms with E-state index in [9.17, 15) is 0 Å². The third-order valence-electron chi connectivity index (χ3n) is 2.54. The van der Waals surface area contributed by atoms with Crippen molar-refractivity contribution in [3.8, 4) is 16.9 Å². The highest BCUT2D eigenvalue weighted by Crippen LogP contribution is 2.28. The molecule has 3 nitrogen and oxygen atoms in total. The fourth-order valence-electron chi connectivity index (χ4n) is 1.71. The number of methoxy groups -OCH3 is 1. The molecule has 0 bridgehead atoms. The van der Waals surface area contributed by atoms with E-state index in [0.29, 0.717) is 5.82 Å². The van der Waals surface area contributed by atoms with Gasteiger partial charge in [-0.05, 0) is 42.3 Å². The van der Waals surface area contributed by atoms with Crippen LogP contribution in [0.3, 0.4) is 0 Å². The lowest BCUT2D eigenvalue weighted by Crippen LogP contribution is -1.94. The molecule has 2 N–H and O–H groups in total. The zero-order valence-corrected chi connectivity index (χ0v) is 9.40. The van der Waals surface area contributed by atoms with Crippen LogP contribution >= 0.6 is 0 Å². The molecule has 0 saturated heterocycles. The minimum atomic E-state index is 0.548. The third kappa shape index (κ3) is 1.84. The Morgan fingerprint density at radius 1 is 1.25 bits per heavy atom. The minimum Gasteiger partial charge on any atom is -0.496 e. The van der Waals surface area contributed by atoms with Gasteiger partial charge in [0, 0.05) is 11.8 Å². The quantitative estimate of drug-likeness (QED) is 0.836. The number of aryl methyl sites for hydroxylation is 1. The number of ether oxygens (including phenoxy) is 1.